The number of nitrogens with zero attached hydrogens (tertiary/aromatic N) is 1. The quantitative estimate of drug-likeness (QED) is 0.737. The van der Waals surface area contributed by atoms with E-state index in [9.17, 15) is 14.9 Å². The van der Waals surface area contributed by atoms with Crippen LogP contribution in [0.2, 0.25) is 0 Å². The van der Waals surface area contributed by atoms with Crippen molar-refractivity contribution in [2.45, 2.75) is 39.0 Å². The van der Waals surface area contributed by atoms with Crippen molar-refractivity contribution in [1.29, 1.82) is 5.26 Å². The van der Waals surface area contributed by atoms with Crippen molar-refractivity contribution in [3.63, 3.8) is 0 Å². The summed E-state index contributed by atoms with van der Waals surface area (Å²) in [6.07, 6.45) is -0.387. The summed E-state index contributed by atoms with van der Waals surface area (Å²) < 4.78 is 5.23. The van der Waals surface area contributed by atoms with Crippen LogP contribution in [-0.4, -0.2) is 24.1 Å². The summed E-state index contributed by atoms with van der Waals surface area (Å²) >= 11 is 0. The average molecular weight is 379 g/mol. The molecule has 2 rings (SSSR count). The number of hydrogen-bond donors (Lipinski definition) is 2. The first-order valence-corrected chi connectivity index (χ1v) is 9.20. The van der Waals surface area contributed by atoms with Crippen LogP contribution >= 0.6 is 0 Å². The second-order valence-corrected chi connectivity index (χ2v) is 6.81. The van der Waals surface area contributed by atoms with Gasteiger partial charge in [0.05, 0.1) is 6.07 Å². The number of carbonyl (C=O) groups excluding carboxylic acids is 2. The first-order valence-electron chi connectivity index (χ1n) is 9.20. The maximum Gasteiger partial charge on any atom is 0.408 e. The molecule has 0 bridgehead atoms. The van der Waals surface area contributed by atoms with E-state index in [4.69, 9.17) is 4.74 Å². The van der Waals surface area contributed by atoms with Crippen molar-refractivity contribution >= 4 is 12.0 Å². The molecule has 1 unspecified atom stereocenters. The molecule has 2 aromatic carbocycles. The van der Waals surface area contributed by atoms with Gasteiger partial charge in [0.2, 0.25) is 5.91 Å². The molecule has 0 saturated heterocycles. The zero-order valence-corrected chi connectivity index (χ0v) is 16.1. The average Bonchev–Trinajstić information content (AvgIpc) is 2.71. The summed E-state index contributed by atoms with van der Waals surface area (Å²) in [6.45, 7) is 3.81. The first-order chi connectivity index (χ1) is 13.5. The summed E-state index contributed by atoms with van der Waals surface area (Å²) in [6, 6.07) is 19.3. The van der Waals surface area contributed by atoms with Gasteiger partial charge in [0, 0.05) is 6.42 Å². The molecule has 2 atom stereocenters. The molecule has 0 heterocycles. The molecule has 6 heteroatoms. The van der Waals surface area contributed by atoms with Gasteiger partial charge in [0.1, 0.15) is 18.7 Å². The largest absolute Gasteiger partial charge is 0.445 e. The van der Waals surface area contributed by atoms with Gasteiger partial charge in [-0.15, -0.1) is 0 Å². The fraction of sp³-hybridized carbons (Fsp3) is 0.318. The topological polar surface area (TPSA) is 91.2 Å². The van der Waals surface area contributed by atoms with Gasteiger partial charge in [-0.05, 0) is 17.0 Å². The van der Waals surface area contributed by atoms with Crippen LogP contribution in [0.3, 0.4) is 0 Å². The minimum Gasteiger partial charge on any atom is -0.445 e. The lowest BCUT2D eigenvalue weighted by atomic mass is 10.0. The van der Waals surface area contributed by atoms with Gasteiger partial charge >= 0.3 is 6.09 Å². The van der Waals surface area contributed by atoms with Crippen molar-refractivity contribution < 1.29 is 14.3 Å². The van der Waals surface area contributed by atoms with Gasteiger partial charge in [0.25, 0.3) is 0 Å². The summed E-state index contributed by atoms with van der Waals surface area (Å²) in [5, 5.41) is 14.5. The molecule has 0 spiro atoms. The summed E-state index contributed by atoms with van der Waals surface area (Å²) in [5.41, 5.74) is 1.75. The van der Waals surface area contributed by atoms with Gasteiger partial charge < -0.3 is 15.4 Å². The van der Waals surface area contributed by atoms with Crippen molar-refractivity contribution in [3.05, 3.63) is 71.8 Å². The summed E-state index contributed by atoms with van der Waals surface area (Å²) in [5.74, 6) is -0.461. The van der Waals surface area contributed by atoms with Crippen LogP contribution in [0, 0.1) is 17.2 Å². The van der Waals surface area contributed by atoms with Gasteiger partial charge in [-0.2, -0.15) is 5.26 Å². The zero-order valence-electron chi connectivity index (χ0n) is 16.1. The smallest absolute Gasteiger partial charge is 0.408 e. The highest BCUT2D eigenvalue weighted by molar-refractivity contribution is 5.86. The summed E-state index contributed by atoms with van der Waals surface area (Å²) in [7, 11) is 0. The number of benzene rings is 2. The van der Waals surface area contributed by atoms with Crippen LogP contribution in [0.25, 0.3) is 0 Å². The van der Waals surface area contributed by atoms with Crippen LogP contribution < -0.4 is 10.6 Å². The van der Waals surface area contributed by atoms with Crippen LogP contribution in [-0.2, 0) is 22.6 Å². The number of nitriles is 1. The number of carbonyl (C=O) groups is 2. The van der Waals surface area contributed by atoms with Gasteiger partial charge in [-0.3, -0.25) is 4.79 Å². The molecule has 146 valence electrons. The fourth-order valence-electron chi connectivity index (χ4n) is 2.57. The molecular formula is C22H25N3O3. The molecule has 0 aromatic heterocycles. The minimum atomic E-state index is -0.847. The predicted molar refractivity (Wildman–Crippen MR) is 106 cm³/mol. The third-order valence-corrected chi connectivity index (χ3v) is 4.21. The van der Waals surface area contributed by atoms with E-state index in [-0.39, 0.29) is 12.5 Å². The molecule has 0 radical (unpaired) electrons. The lowest BCUT2D eigenvalue weighted by molar-refractivity contribution is -0.123. The maximum atomic E-state index is 12.7. The second-order valence-electron chi connectivity index (χ2n) is 6.81. The minimum absolute atomic E-state index is 0.0450. The number of amides is 2. The lowest BCUT2D eigenvalue weighted by Crippen LogP contribution is -2.51. The molecule has 0 aliphatic carbocycles. The van der Waals surface area contributed by atoms with Crippen LogP contribution in [0.4, 0.5) is 4.79 Å². The number of rotatable bonds is 8. The Balaban J connectivity index is 2.03. The van der Waals surface area contributed by atoms with Crippen molar-refractivity contribution in [2.75, 3.05) is 0 Å². The van der Waals surface area contributed by atoms with Gasteiger partial charge in [-0.25, -0.2) is 4.79 Å². The molecular weight excluding hydrogens is 354 g/mol. The third-order valence-electron chi connectivity index (χ3n) is 4.21. The van der Waals surface area contributed by atoms with E-state index < -0.39 is 24.1 Å². The molecule has 0 fully saturated rings. The van der Waals surface area contributed by atoms with Crippen molar-refractivity contribution in [2.24, 2.45) is 5.92 Å². The monoisotopic (exact) mass is 379 g/mol. The highest BCUT2D eigenvalue weighted by Crippen LogP contribution is 2.07. The van der Waals surface area contributed by atoms with E-state index in [2.05, 4.69) is 16.7 Å². The Morgan fingerprint density at radius 2 is 1.54 bits per heavy atom. The van der Waals surface area contributed by atoms with E-state index in [1.54, 1.807) is 0 Å². The normalized spacial score (nSPS) is 12.5. The highest BCUT2D eigenvalue weighted by Gasteiger charge is 2.25. The zero-order chi connectivity index (χ0) is 20.4. The van der Waals surface area contributed by atoms with Crippen LogP contribution in [0.15, 0.2) is 60.7 Å². The van der Waals surface area contributed by atoms with Crippen molar-refractivity contribution in [3.8, 4) is 6.07 Å². The van der Waals surface area contributed by atoms with Crippen LogP contribution in [0.1, 0.15) is 25.0 Å². The molecule has 6 nitrogen and oxygen atoms in total. The Kier molecular flexibility index (Phi) is 8.04. The number of nitrogens with one attached hydrogen (secondary N) is 2. The fourth-order valence-corrected chi connectivity index (χ4v) is 2.57. The Morgan fingerprint density at radius 1 is 0.964 bits per heavy atom. The second kappa shape index (κ2) is 10.7. The van der Waals surface area contributed by atoms with E-state index >= 15 is 0 Å². The third kappa shape index (κ3) is 6.76. The molecule has 0 saturated carbocycles. The first kappa shape index (κ1) is 21.0. The maximum absolute atomic E-state index is 12.7. The molecule has 2 N–H and O–H groups in total. The van der Waals surface area contributed by atoms with Gasteiger partial charge in [-0.1, -0.05) is 74.5 Å². The molecule has 2 amide bonds. The Labute approximate surface area is 165 Å². The molecule has 0 aliphatic rings. The summed E-state index contributed by atoms with van der Waals surface area (Å²) in [4.78, 5) is 24.9. The lowest BCUT2D eigenvalue weighted by Gasteiger charge is -2.22. The number of alkyl carbamates (subject to hydrolysis) is 1. The van der Waals surface area contributed by atoms with E-state index in [1.165, 1.54) is 0 Å². The predicted octanol–water partition coefficient (Wildman–Crippen LogP) is 3.19. The van der Waals surface area contributed by atoms with E-state index in [1.807, 2.05) is 74.5 Å². The number of ether oxygens (including phenoxy) is 1. The molecule has 0 aliphatic heterocycles. The van der Waals surface area contributed by atoms with Gasteiger partial charge in [0.15, 0.2) is 0 Å². The van der Waals surface area contributed by atoms with Crippen molar-refractivity contribution in [1.82, 2.24) is 10.6 Å². The molecule has 28 heavy (non-hydrogen) atoms. The highest BCUT2D eigenvalue weighted by atomic mass is 16.5. The van der Waals surface area contributed by atoms with E-state index in [0.29, 0.717) is 6.42 Å². The number of hydrogen-bond acceptors (Lipinski definition) is 4. The van der Waals surface area contributed by atoms with Crippen LogP contribution in [0.5, 0.6) is 0 Å². The SMILES string of the molecule is CC(C)C(C#N)NC(=O)[C@H](Cc1ccccc1)NC(=O)OCc1ccccc1. The standard InChI is InChI=1S/C22H25N3O3/c1-16(2)20(14-23)24-21(26)19(13-17-9-5-3-6-10-17)25-22(27)28-15-18-11-7-4-8-12-18/h3-12,16,19-20H,13,15H2,1-2H3,(H,24,26)(H,25,27)/t19-,20?/m0/s1. The van der Waals surface area contributed by atoms with E-state index in [0.717, 1.165) is 11.1 Å². The Hall–Kier alpha value is -3.33. The Morgan fingerprint density at radius 3 is 2.07 bits per heavy atom. The Bertz CT molecular complexity index is 801. The molecule has 2 aromatic rings.